The zero-order valence-corrected chi connectivity index (χ0v) is 16.5. The molecular formula is C19H18F6N2O4. The molecule has 2 rings (SSSR count). The number of ether oxygens (including phenoxy) is 3. The van der Waals surface area contributed by atoms with Gasteiger partial charge < -0.3 is 19.0 Å². The Morgan fingerprint density at radius 3 is 1.84 bits per heavy atom. The minimum atomic E-state index is -4.51. The number of carbonyl (C=O) groups excluding carboxylic acids is 1. The van der Waals surface area contributed by atoms with Crippen molar-refractivity contribution in [2.75, 3.05) is 21.3 Å². The number of methoxy groups -OCH3 is 3. The lowest BCUT2D eigenvalue weighted by Gasteiger charge is -2.11. The quantitative estimate of drug-likeness (QED) is 0.363. The van der Waals surface area contributed by atoms with Crippen molar-refractivity contribution < 1.29 is 45.3 Å². The number of nitrogens with zero attached hydrogens (tertiary/aromatic N) is 2. The predicted octanol–water partition coefficient (Wildman–Crippen LogP) is 4.58. The highest BCUT2D eigenvalue weighted by Gasteiger charge is 2.34. The molecule has 0 N–H and O–H groups in total. The van der Waals surface area contributed by atoms with Crippen molar-refractivity contribution in [2.24, 2.45) is 0 Å². The summed E-state index contributed by atoms with van der Waals surface area (Å²) in [4.78, 5) is 17.5. The Hall–Kier alpha value is -3.31. The Kier molecular flexibility index (Phi) is 9.28. The molecule has 2 aromatic heterocycles. The first-order valence-electron chi connectivity index (χ1n) is 8.32. The number of aromatic nitrogens is 2. The lowest BCUT2D eigenvalue weighted by atomic mass is 10.1. The van der Waals surface area contributed by atoms with Crippen molar-refractivity contribution in [1.82, 2.24) is 9.97 Å². The molecule has 0 amide bonds. The third kappa shape index (κ3) is 7.79. The SMILES string of the molecule is CO/C=C/c1cnc(OC)cc1C(F)(F)F.COc1cc(C(F)(F)F)c(CC=O)cn1. The van der Waals surface area contributed by atoms with Crippen LogP contribution in [0.1, 0.15) is 22.3 Å². The summed E-state index contributed by atoms with van der Waals surface area (Å²) < 4.78 is 89.2. The molecule has 0 spiro atoms. The first kappa shape index (κ1) is 25.7. The predicted molar refractivity (Wildman–Crippen MR) is 97.4 cm³/mol. The average molecular weight is 452 g/mol. The number of pyridine rings is 2. The molecule has 0 unspecified atom stereocenters. The van der Waals surface area contributed by atoms with Gasteiger partial charge in [0.05, 0.1) is 38.7 Å². The van der Waals surface area contributed by atoms with E-state index in [-0.39, 0.29) is 29.3 Å². The molecule has 0 aliphatic carbocycles. The highest BCUT2D eigenvalue weighted by atomic mass is 19.4. The molecule has 170 valence electrons. The zero-order chi connectivity index (χ0) is 23.7. The van der Waals surface area contributed by atoms with Crippen molar-refractivity contribution in [3.63, 3.8) is 0 Å². The molecule has 0 aliphatic rings. The van der Waals surface area contributed by atoms with Gasteiger partial charge in [0.1, 0.15) is 6.29 Å². The van der Waals surface area contributed by atoms with E-state index in [1.807, 2.05) is 0 Å². The van der Waals surface area contributed by atoms with Crippen LogP contribution < -0.4 is 9.47 Å². The molecule has 31 heavy (non-hydrogen) atoms. The largest absolute Gasteiger partial charge is 0.504 e. The van der Waals surface area contributed by atoms with Crippen molar-refractivity contribution in [2.45, 2.75) is 18.8 Å². The van der Waals surface area contributed by atoms with Crippen LogP contribution in [0.4, 0.5) is 26.3 Å². The van der Waals surface area contributed by atoms with Gasteiger partial charge in [-0.2, -0.15) is 26.3 Å². The maximum atomic E-state index is 12.6. The van der Waals surface area contributed by atoms with Gasteiger partial charge in [0.15, 0.2) is 0 Å². The molecule has 2 heterocycles. The summed E-state index contributed by atoms with van der Waals surface area (Å²) >= 11 is 0. The number of aldehydes is 1. The fraction of sp³-hybridized carbons (Fsp3) is 0.316. The van der Waals surface area contributed by atoms with E-state index in [9.17, 15) is 31.1 Å². The molecule has 0 bridgehead atoms. The second-order valence-corrected chi connectivity index (χ2v) is 5.60. The molecule has 0 aliphatic heterocycles. The maximum absolute atomic E-state index is 12.6. The van der Waals surface area contributed by atoms with Crippen molar-refractivity contribution in [3.8, 4) is 11.8 Å². The Morgan fingerprint density at radius 2 is 1.39 bits per heavy atom. The molecule has 2 aromatic rings. The monoisotopic (exact) mass is 452 g/mol. The van der Waals surface area contributed by atoms with Crippen molar-refractivity contribution in [1.29, 1.82) is 0 Å². The summed E-state index contributed by atoms with van der Waals surface area (Å²) in [5.74, 6) is -0.209. The van der Waals surface area contributed by atoms with Crippen LogP contribution in [0.25, 0.3) is 6.08 Å². The van der Waals surface area contributed by atoms with E-state index >= 15 is 0 Å². The van der Waals surface area contributed by atoms with Crippen LogP contribution in [0.15, 0.2) is 30.8 Å². The Bertz CT molecular complexity index is 898. The summed E-state index contributed by atoms with van der Waals surface area (Å²) in [7, 11) is 3.83. The van der Waals surface area contributed by atoms with Gasteiger partial charge in [0.25, 0.3) is 0 Å². The highest BCUT2D eigenvalue weighted by molar-refractivity contribution is 5.56. The molecule has 0 radical (unpaired) electrons. The molecular weight excluding hydrogens is 434 g/mol. The van der Waals surface area contributed by atoms with E-state index < -0.39 is 23.5 Å². The number of hydrogen-bond acceptors (Lipinski definition) is 6. The van der Waals surface area contributed by atoms with Gasteiger partial charge in [-0.15, -0.1) is 0 Å². The van der Waals surface area contributed by atoms with E-state index in [0.717, 1.165) is 30.8 Å². The van der Waals surface area contributed by atoms with E-state index in [2.05, 4.69) is 24.2 Å². The second-order valence-electron chi connectivity index (χ2n) is 5.60. The standard InChI is InChI=1S/C10H10F3NO2.C9H8F3NO2/c1-15-4-3-7-6-14-9(16-2)5-8(7)10(11,12)13;1-15-8-4-7(9(10,11)12)6(2-3-14)5-13-8/h3-6H,1-2H3;3-5H,2H2,1H3/b4-3+;. The highest BCUT2D eigenvalue weighted by Crippen LogP contribution is 2.34. The molecule has 0 fully saturated rings. The summed E-state index contributed by atoms with van der Waals surface area (Å²) in [5.41, 5.74) is -1.93. The van der Waals surface area contributed by atoms with Crippen LogP contribution in [0.5, 0.6) is 11.8 Å². The van der Waals surface area contributed by atoms with Crippen LogP contribution in [0, 0.1) is 0 Å². The lowest BCUT2D eigenvalue weighted by molar-refractivity contribution is -0.139. The number of halogens is 6. The summed E-state index contributed by atoms with van der Waals surface area (Å²) in [5, 5.41) is 0. The van der Waals surface area contributed by atoms with Crippen LogP contribution in [-0.2, 0) is 28.3 Å². The van der Waals surface area contributed by atoms with Crippen LogP contribution >= 0.6 is 0 Å². The number of carbonyl (C=O) groups is 1. The summed E-state index contributed by atoms with van der Waals surface area (Å²) in [6, 6.07) is 1.62. The smallest absolute Gasteiger partial charge is 0.417 e. The van der Waals surface area contributed by atoms with Gasteiger partial charge in [0.2, 0.25) is 11.8 Å². The lowest BCUT2D eigenvalue weighted by Crippen LogP contribution is -2.10. The molecule has 0 aromatic carbocycles. The molecule has 0 atom stereocenters. The van der Waals surface area contributed by atoms with Gasteiger partial charge in [-0.25, -0.2) is 9.97 Å². The topological polar surface area (TPSA) is 70.5 Å². The first-order valence-corrected chi connectivity index (χ1v) is 8.32. The Morgan fingerprint density at radius 1 is 0.871 bits per heavy atom. The van der Waals surface area contributed by atoms with E-state index in [4.69, 9.17) is 0 Å². The minimum Gasteiger partial charge on any atom is -0.504 e. The summed E-state index contributed by atoms with van der Waals surface area (Å²) in [6.45, 7) is 0. The molecule has 0 saturated carbocycles. The van der Waals surface area contributed by atoms with Crippen LogP contribution in [0.2, 0.25) is 0 Å². The Balaban J connectivity index is 0.000000311. The third-order valence-electron chi connectivity index (χ3n) is 3.59. The van der Waals surface area contributed by atoms with Gasteiger partial charge >= 0.3 is 12.4 Å². The maximum Gasteiger partial charge on any atom is 0.417 e. The fourth-order valence-corrected chi connectivity index (χ4v) is 2.17. The van der Waals surface area contributed by atoms with E-state index in [1.165, 1.54) is 27.4 Å². The molecule has 12 heteroatoms. The third-order valence-corrected chi connectivity index (χ3v) is 3.59. The van der Waals surface area contributed by atoms with E-state index in [1.54, 1.807) is 0 Å². The van der Waals surface area contributed by atoms with E-state index in [0.29, 0.717) is 6.29 Å². The van der Waals surface area contributed by atoms with Crippen LogP contribution in [-0.4, -0.2) is 37.6 Å². The molecule has 0 saturated heterocycles. The van der Waals surface area contributed by atoms with Crippen molar-refractivity contribution in [3.05, 3.63) is 53.0 Å². The van der Waals surface area contributed by atoms with Gasteiger partial charge in [-0.3, -0.25) is 0 Å². The van der Waals surface area contributed by atoms with Crippen LogP contribution in [0.3, 0.4) is 0 Å². The average Bonchev–Trinajstić information content (AvgIpc) is 2.71. The van der Waals surface area contributed by atoms with Gasteiger partial charge in [-0.05, 0) is 11.6 Å². The number of alkyl halides is 6. The first-order chi connectivity index (χ1) is 14.5. The number of rotatable bonds is 6. The summed E-state index contributed by atoms with van der Waals surface area (Å²) in [6.07, 6.45) is -4.45. The normalized spacial score (nSPS) is 11.5. The van der Waals surface area contributed by atoms with Gasteiger partial charge in [0, 0.05) is 36.5 Å². The number of hydrogen-bond donors (Lipinski definition) is 0. The molecule has 6 nitrogen and oxygen atoms in total. The Labute approximate surface area is 173 Å². The fourth-order valence-electron chi connectivity index (χ4n) is 2.17. The van der Waals surface area contributed by atoms with Crippen molar-refractivity contribution >= 4 is 12.4 Å². The zero-order valence-electron chi connectivity index (χ0n) is 16.5. The minimum absolute atomic E-state index is 0.0739. The van der Waals surface area contributed by atoms with Gasteiger partial charge in [-0.1, -0.05) is 0 Å². The second kappa shape index (κ2) is 11.2.